The molecule has 2 aromatic rings. The van der Waals surface area contributed by atoms with Crippen LogP contribution < -0.4 is 14.8 Å². The van der Waals surface area contributed by atoms with E-state index < -0.39 is 10.0 Å². The van der Waals surface area contributed by atoms with Gasteiger partial charge in [-0.05, 0) is 42.7 Å². The summed E-state index contributed by atoms with van der Waals surface area (Å²) in [6, 6.07) is 15.9. The molecule has 0 aromatic heterocycles. The first-order valence-corrected chi connectivity index (χ1v) is 12.4. The number of piperidine rings is 1. The monoisotopic (exact) mass is 471 g/mol. The van der Waals surface area contributed by atoms with Crippen LogP contribution in [-0.2, 0) is 25.4 Å². The predicted octanol–water partition coefficient (Wildman–Crippen LogP) is 2.55. The van der Waals surface area contributed by atoms with E-state index in [-0.39, 0.29) is 36.6 Å². The van der Waals surface area contributed by atoms with E-state index in [1.165, 1.54) is 6.08 Å². The zero-order chi connectivity index (χ0) is 23.7. The number of carbonyl (C=O) groups is 2. The Kier molecular flexibility index (Phi) is 8.62. The summed E-state index contributed by atoms with van der Waals surface area (Å²) in [6.07, 6.45) is 2.64. The van der Waals surface area contributed by atoms with Crippen LogP contribution in [0.5, 0.6) is 5.75 Å². The Hall–Kier alpha value is -3.17. The number of ether oxygens (including phenoxy) is 1. The molecule has 0 unspecified atom stereocenters. The maximum absolute atomic E-state index is 12.6. The number of nitrogens with one attached hydrogen (secondary N) is 2. The number of hydrogen-bond donors (Lipinski definition) is 2. The standard InChI is InChI=1S/C24H29N3O5S/c1-2-14-25-33(30,31)18-19-8-10-21(11-9-19)26-24(29)20-12-15-27(16-13-20)23(28)17-32-22-6-4-3-5-7-22/h2-11,20,25H,1,12-18H2,(H,26,29). The van der Waals surface area contributed by atoms with Crippen LogP contribution in [0.4, 0.5) is 5.69 Å². The molecule has 0 bridgehead atoms. The van der Waals surface area contributed by atoms with Gasteiger partial charge in [-0.1, -0.05) is 36.4 Å². The van der Waals surface area contributed by atoms with Gasteiger partial charge in [0.2, 0.25) is 15.9 Å². The minimum absolute atomic E-state index is 0.0218. The first-order valence-electron chi connectivity index (χ1n) is 10.8. The van der Waals surface area contributed by atoms with Gasteiger partial charge in [0.15, 0.2) is 6.61 Å². The Morgan fingerprint density at radius 3 is 2.36 bits per heavy atom. The lowest BCUT2D eigenvalue weighted by atomic mass is 9.95. The van der Waals surface area contributed by atoms with Gasteiger partial charge in [-0.25, -0.2) is 13.1 Å². The van der Waals surface area contributed by atoms with Crippen LogP contribution in [0.15, 0.2) is 67.3 Å². The first kappa shape index (κ1) is 24.5. The van der Waals surface area contributed by atoms with Crippen LogP contribution in [0.1, 0.15) is 18.4 Å². The fraction of sp³-hybridized carbons (Fsp3) is 0.333. The summed E-state index contributed by atoms with van der Waals surface area (Å²) in [5.41, 5.74) is 1.23. The van der Waals surface area contributed by atoms with E-state index in [9.17, 15) is 18.0 Å². The number of hydrogen-bond acceptors (Lipinski definition) is 5. The quantitative estimate of drug-likeness (QED) is 0.518. The molecule has 0 saturated carbocycles. The van der Waals surface area contributed by atoms with Crippen molar-refractivity contribution in [2.24, 2.45) is 5.92 Å². The number of carbonyl (C=O) groups excluding carboxylic acids is 2. The fourth-order valence-corrected chi connectivity index (χ4v) is 4.63. The van der Waals surface area contributed by atoms with Crippen molar-refractivity contribution >= 4 is 27.5 Å². The summed E-state index contributed by atoms with van der Waals surface area (Å²) < 4.78 is 31.8. The van der Waals surface area contributed by atoms with Gasteiger partial charge >= 0.3 is 0 Å². The van der Waals surface area contributed by atoms with E-state index in [2.05, 4.69) is 16.6 Å². The third-order valence-electron chi connectivity index (χ3n) is 5.35. The lowest BCUT2D eigenvalue weighted by Gasteiger charge is -2.31. The van der Waals surface area contributed by atoms with Crippen LogP contribution in [0, 0.1) is 5.92 Å². The summed E-state index contributed by atoms with van der Waals surface area (Å²) in [7, 11) is -3.43. The molecule has 3 rings (SSSR count). The van der Waals surface area contributed by atoms with Crippen molar-refractivity contribution in [1.29, 1.82) is 0 Å². The Morgan fingerprint density at radius 2 is 1.73 bits per heavy atom. The van der Waals surface area contributed by atoms with E-state index in [4.69, 9.17) is 4.74 Å². The summed E-state index contributed by atoms with van der Waals surface area (Å²) >= 11 is 0. The van der Waals surface area contributed by atoms with E-state index in [0.29, 0.717) is 42.9 Å². The molecule has 2 amide bonds. The average Bonchev–Trinajstić information content (AvgIpc) is 2.83. The number of benzene rings is 2. The molecule has 1 saturated heterocycles. The predicted molar refractivity (Wildman–Crippen MR) is 127 cm³/mol. The second-order valence-electron chi connectivity index (χ2n) is 7.84. The Bertz CT molecular complexity index is 1050. The van der Waals surface area contributed by atoms with Crippen molar-refractivity contribution in [3.63, 3.8) is 0 Å². The molecule has 2 N–H and O–H groups in total. The third-order valence-corrected chi connectivity index (χ3v) is 6.67. The van der Waals surface area contributed by atoms with Gasteiger partial charge in [0, 0.05) is 31.2 Å². The number of rotatable bonds is 10. The van der Waals surface area contributed by atoms with Crippen LogP contribution in [0.25, 0.3) is 0 Å². The summed E-state index contributed by atoms with van der Waals surface area (Å²) in [4.78, 5) is 26.7. The molecule has 0 aliphatic carbocycles. The highest BCUT2D eigenvalue weighted by molar-refractivity contribution is 7.88. The van der Waals surface area contributed by atoms with Gasteiger partial charge in [-0.15, -0.1) is 6.58 Å². The zero-order valence-electron chi connectivity index (χ0n) is 18.4. The summed E-state index contributed by atoms with van der Waals surface area (Å²) in [5.74, 6) is 0.126. The second-order valence-corrected chi connectivity index (χ2v) is 9.65. The zero-order valence-corrected chi connectivity index (χ0v) is 19.2. The maximum Gasteiger partial charge on any atom is 0.260 e. The average molecular weight is 472 g/mol. The molecule has 9 heteroatoms. The van der Waals surface area contributed by atoms with Crippen molar-refractivity contribution in [1.82, 2.24) is 9.62 Å². The van der Waals surface area contributed by atoms with Gasteiger partial charge < -0.3 is 15.0 Å². The normalized spacial score (nSPS) is 14.5. The molecule has 2 aromatic carbocycles. The molecule has 1 aliphatic rings. The number of anilines is 1. The van der Waals surface area contributed by atoms with Gasteiger partial charge in [0.1, 0.15) is 5.75 Å². The van der Waals surface area contributed by atoms with Gasteiger partial charge in [-0.3, -0.25) is 9.59 Å². The number of amides is 2. The molecule has 1 aliphatic heterocycles. The third kappa shape index (κ3) is 7.73. The van der Waals surface area contributed by atoms with Crippen LogP contribution in [0.2, 0.25) is 0 Å². The van der Waals surface area contributed by atoms with Crippen molar-refractivity contribution in [3.8, 4) is 5.75 Å². The molecular formula is C24H29N3O5S. The Morgan fingerprint density at radius 1 is 1.06 bits per heavy atom. The van der Waals surface area contributed by atoms with Crippen LogP contribution in [0.3, 0.4) is 0 Å². The van der Waals surface area contributed by atoms with Crippen LogP contribution >= 0.6 is 0 Å². The van der Waals surface area contributed by atoms with Crippen LogP contribution in [-0.4, -0.2) is 51.4 Å². The smallest absolute Gasteiger partial charge is 0.260 e. The van der Waals surface area contributed by atoms with E-state index in [0.717, 1.165) is 0 Å². The van der Waals surface area contributed by atoms with Crippen molar-refractivity contribution in [2.45, 2.75) is 18.6 Å². The topological polar surface area (TPSA) is 105 Å². The SMILES string of the molecule is C=CCNS(=O)(=O)Cc1ccc(NC(=O)C2CCN(C(=O)COc3ccccc3)CC2)cc1. The number of sulfonamides is 1. The van der Waals surface area contributed by atoms with Gasteiger partial charge in [0.05, 0.1) is 5.75 Å². The molecule has 33 heavy (non-hydrogen) atoms. The highest BCUT2D eigenvalue weighted by atomic mass is 32.2. The van der Waals surface area contributed by atoms with E-state index in [1.54, 1.807) is 41.3 Å². The molecule has 0 radical (unpaired) electrons. The molecule has 176 valence electrons. The Labute approximate surface area is 194 Å². The van der Waals surface area contributed by atoms with E-state index >= 15 is 0 Å². The van der Waals surface area contributed by atoms with E-state index in [1.807, 2.05) is 18.2 Å². The lowest BCUT2D eigenvalue weighted by molar-refractivity contribution is -0.136. The number of para-hydroxylation sites is 1. The lowest BCUT2D eigenvalue weighted by Crippen LogP contribution is -2.43. The molecule has 1 fully saturated rings. The van der Waals surface area contributed by atoms with Crippen molar-refractivity contribution < 1.29 is 22.7 Å². The molecular weight excluding hydrogens is 442 g/mol. The maximum atomic E-state index is 12.6. The van der Waals surface area contributed by atoms with Gasteiger partial charge in [-0.2, -0.15) is 0 Å². The molecule has 8 nitrogen and oxygen atoms in total. The highest BCUT2D eigenvalue weighted by Gasteiger charge is 2.27. The second kappa shape index (κ2) is 11.6. The molecule has 0 atom stereocenters. The first-order chi connectivity index (χ1) is 15.9. The number of likely N-dealkylation sites (tertiary alicyclic amines) is 1. The minimum Gasteiger partial charge on any atom is -0.484 e. The fourth-order valence-electron chi connectivity index (χ4n) is 3.53. The Balaban J connectivity index is 1.43. The van der Waals surface area contributed by atoms with Gasteiger partial charge in [0.25, 0.3) is 5.91 Å². The van der Waals surface area contributed by atoms with Crippen molar-refractivity contribution in [3.05, 3.63) is 72.8 Å². The summed E-state index contributed by atoms with van der Waals surface area (Å²) in [6.45, 7) is 4.66. The highest BCUT2D eigenvalue weighted by Crippen LogP contribution is 2.20. The number of nitrogens with zero attached hydrogens (tertiary/aromatic N) is 1. The summed E-state index contributed by atoms with van der Waals surface area (Å²) in [5, 5.41) is 2.88. The molecule has 1 heterocycles. The minimum atomic E-state index is -3.43. The molecule has 0 spiro atoms. The van der Waals surface area contributed by atoms with Crippen molar-refractivity contribution in [2.75, 3.05) is 31.6 Å². The largest absolute Gasteiger partial charge is 0.484 e.